The number of hydrogen-bond donors (Lipinski definition) is 0. The van der Waals surface area contributed by atoms with Crippen LogP contribution >= 0.6 is 0 Å². The minimum absolute atomic E-state index is 0.241. The summed E-state index contributed by atoms with van der Waals surface area (Å²) < 4.78 is 12.5. The second kappa shape index (κ2) is 4.94. The monoisotopic (exact) mass is 150 g/mol. The van der Waals surface area contributed by atoms with Crippen molar-refractivity contribution in [1.29, 1.82) is 0 Å². The molecule has 0 aliphatic heterocycles. The summed E-state index contributed by atoms with van der Waals surface area (Å²) in [6.07, 6.45) is 0. The van der Waals surface area contributed by atoms with Gasteiger partial charge in [0.15, 0.2) is 0 Å². The summed E-state index contributed by atoms with van der Waals surface area (Å²) in [6, 6.07) is 4.67. The summed E-state index contributed by atoms with van der Waals surface area (Å²) in [4.78, 5) is 0. The molecule has 0 N–H and O–H groups in total. The van der Waals surface area contributed by atoms with E-state index in [0.29, 0.717) is 11.0 Å². The third kappa shape index (κ3) is 2.75. The normalized spacial score (nSPS) is 8.36. The molecule has 0 aliphatic rings. The third-order valence-electron chi connectivity index (χ3n) is 1.31. The van der Waals surface area contributed by atoms with Crippen LogP contribution in [0.15, 0.2) is 18.2 Å². The minimum atomic E-state index is -0.241. The smallest absolute Gasteiger partial charge is 0.125 e. The van der Waals surface area contributed by atoms with Gasteiger partial charge >= 0.3 is 0 Å². The Morgan fingerprint density at radius 2 is 1.82 bits per heavy atom. The number of benzene rings is 1. The van der Waals surface area contributed by atoms with Crippen molar-refractivity contribution in [2.24, 2.45) is 0 Å². The molecule has 0 saturated heterocycles. The van der Waals surface area contributed by atoms with Gasteiger partial charge in [0, 0.05) is 0 Å². The molecule has 0 atom stereocenters. The van der Waals surface area contributed by atoms with Gasteiger partial charge in [0.1, 0.15) is 13.7 Å². The molecule has 1 rings (SSSR count). The zero-order chi connectivity index (χ0) is 8.85. The topological polar surface area (TPSA) is 0 Å². The van der Waals surface area contributed by atoms with Crippen LogP contribution in [0, 0.1) is 12.7 Å². The Bertz CT molecular complexity index is 201. The fourth-order valence-corrected chi connectivity index (χ4v) is 0.624. The summed E-state index contributed by atoms with van der Waals surface area (Å²) in [5.41, 5.74) is 1.03. The zero-order valence-corrected chi connectivity index (χ0v) is 7.19. The largest absolute Gasteiger partial charge is 0.207 e. The van der Waals surface area contributed by atoms with Crippen LogP contribution in [-0.4, -0.2) is 7.85 Å². The predicted molar refractivity (Wildman–Crippen MR) is 47.9 cm³/mol. The summed E-state index contributed by atoms with van der Waals surface area (Å²) in [6.45, 7) is 5.66. The van der Waals surface area contributed by atoms with E-state index in [9.17, 15) is 4.39 Å². The Labute approximate surface area is 68.8 Å². The van der Waals surface area contributed by atoms with Gasteiger partial charge in [0.25, 0.3) is 0 Å². The minimum Gasteiger partial charge on any atom is -0.207 e. The molecule has 2 heteroatoms. The van der Waals surface area contributed by atoms with Gasteiger partial charge in [-0.05, 0) is 18.6 Å². The summed E-state index contributed by atoms with van der Waals surface area (Å²) in [5, 5.41) is 0. The standard InChI is InChI=1S/C7H6BF.C2H6/c1-5-6(8)3-2-4-7(5)9;1-2/h2-4H,1H3;1-2H3. The van der Waals surface area contributed by atoms with Gasteiger partial charge in [-0.3, -0.25) is 0 Å². The van der Waals surface area contributed by atoms with Crippen molar-refractivity contribution in [3.05, 3.63) is 29.6 Å². The average Bonchev–Trinajstić information content (AvgIpc) is 2.04. The molecular weight excluding hydrogens is 138 g/mol. The summed E-state index contributed by atoms with van der Waals surface area (Å²) >= 11 is 0. The van der Waals surface area contributed by atoms with E-state index in [-0.39, 0.29) is 5.82 Å². The SMILES string of the molecule is CC.[B]c1cccc(F)c1C. The molecule has 0 aromatic heterocycles. The number of rotatable bonds is 0. The van der Waals surface area contributed by atoms with Crippen LogP contribution in [-0.2, 0) is 0 Å². The van der Waals surface area contributed by atoms with Crippen LogP contribution in [0.1, 0.15) is 19.4 Å². The molecule has 1 aromatic rings. The van der Waals surface area contributed by atoms with Crippen molar-refractivity contribution in [3.8, 4) is 0 Å². The molecule has 1 aromatic carbocycles. The van der Waals surface area contributed by atoms with Crippen LogP contribution in [0.4, 0.5) is 4.39 Å². The van der Waals surface area contributed by atoms with E-state index in [1.54, 1.807) is 19.1 Å². The van der Waals surface area contributed by atoms with Gasteiger partial charge in [-0.25, -0.2) is 4.39 Å². The Hall–Kier alpha value is -0.785. The van der Waals surface area contributed by atoms with Gasteiger partial charge in [-0.1, -0.05) is 31.4 Å². The lowest BCUT2D eigenvalue weighted by Gasteiger charge is -1.98. The Kier molecular flexibility index (Phi) is 4.59. The highest BCUT2D eigenvalue weighted by atomic mass is 19.1. The van der Waals surface area contributed by atoms with Crippen molar-refractivity contribution < 1.29 is 4.39 Å². The van der Waals surface area contributed by atoms with Gasteiger partial charge in [0.2, 0.25) is 0 Å². The van der Waals surface area contributed by atoms with Crippen LogP contribution in [0.3, 0.4) is 0 Å². The van der Waals surface area contributed by atoms with Crippen LogP contribution in [0.5, 0.6) is 0 Å². The molecule has 0 heterocycles. The Morgan fingerprint density at radius 1 is 1.27 bits per heavy atom. The highest BCUT2D eigenvalue weighted by molar-refractivity contribution is 6.33. The van der Waals surface area contributed by atoms with E-state index in [2.05, 4.69) is 0 Å². The lowest BCUT2D eigenvalue weighted by molar-refractivity contribution is 0.620. The Balaban J connectivity index is 0.000000461. The van der Waals surface area contributed by atoms with Crippen molar-refractivity contribution in [2.75, 3.05) is 0 Å². The highest BCUT2D eigenvalue weighted by Gasteiger charge is 1.95. The molecular formula is C9H12BF. The molecule has 0 spiro atoms. The molecule has 0 fully saturated rings. The molecule has 58 valence electrons. The first kappa shape index (κ1) is 10.2. The second-order valence-corrected chi connectivity index (χ2v) is 1.95. The molecule has 0 nitrogen and oxygen atoms in total. The molecule has 0 bridgehead atoms. The van der Waals surface area contributed by atoms with E-state index in [1.807, 2.05) is 13.8 Å². The average molecular weight is 150 g/mol. The molecule has 0 saturated carbocycles. The maximum atomic E-state index is 12.5. The van der Waals surface area contributed by atoms with Gasteiger partial charge in [-0.15, -0.1) is 0 Å². The highest BCUT2D eigenvalue weighted by Crippen LogP contribution is 1.99. The maximum absolute atomic E-state index is 12.5. The van der Waals surface area contributed by atoms with Crippen molar-refractivity contribution in [2.45, 2.75) is 20.8 Å². The maximum Gasteiger partial charge on any atom is 0.125 e. The quantitative estimate of drug-likeness (QED) is 0.496. The van der Waals surface area contributed by atoms with Crippen molar-refractivity contribution in [1.82, 2.24) is 0 Å². The number of halogens is 1. The predicted octanol–water partition coefficient (Wildman–Crippen LogP) is 1.95. The first-order valence-electron chi connectivity index (χ1n) is 3.72. The van der Waals surface area contributed by atoms with Gasteiger partial charge in [0.05, 0.1) is 0 Å². The van der Waals surface area contributed by atoms with Crippen molar-refractivity contribution in [3.63, 3.8) is 0 Å². The van der Waals surface area contributed by atoms with Crippen LogP contribution < -0.4 is 5.46 Å². The lowest BCUT2D eigenvalue weighted by atomic mass is 9.91. The van der Waals surface area contributed by atoms with E-state index < -0.39 is 0 Å². The zero-order valence-electron chi connectivity index (χ0n) is 7.19. The first-order chi connectivity index (χ1) is 5.22. The number of hydrogen-bond acceptors (Lipinski definition) is 0. The lowest BCUT2D eigenvalue weighted by Crippen LogP contribution is -2.07. The van der Waals surface area contributed by atoms with Crippen molar-refractivity contribution >= 4 is 13.3 Å². The second-order valence-electron chi connectivity index (χ2n) is 1.95. The van der Waals surface area contributed by atoms with E-state index in [0.717, 1.165) is 0 Å². The third-order valence-corrected chi connectivity index (χ3v) is 1.31. The summed E-state index contributed by atoms with van der Waals surface area (Å²) in [7, 11) is 5.38. The fraction of sp³-hybridized carbons (Fsp3) is 0.333. The van der Waals surface area contributed by atoms with Crippen LogP contribution in [0.25, 0.3) is 0 Å². The van der Waals surface area contributed by atoms with E-state index in [4.69, 9.17) is 7.85 Å². The molecule has 2 radical (unpaired) electrons. The van der Waals surface area contributed by atoms with Gasteiger partial charge < -0.3 is 0 Å². The van der Waals surface area contributed by atoms with Crippen LogP contribution in [0.2, 0.25) is 0 Å². The summed E-state index contributed by atoms with van der Waals surface area (Å²) in [5.74, 6) is -0.241. The van der Waals surface area contributed by atoms with E-state index >= 15 is 0 Å². The molecule has 11 heavy (non-hydrogen) atoms. The van der Waals surface area contributed by atoms with Gasteiger partial charge in [-0.2, -0.15) is 0 Å². The fourth-order valence-electron chi connectivity index (χ4n) is 0.624. The molecule has 0 unspecified atom stereocenters. The molecule has 0 aliphatic carbocycles. The molecule has 0 amide bonds. The first-order valence-corrected chi connectivity index (χ1v) is 3.72. The van der Waals surface area contributed by atoms with E-state index in [1.165, 1.54) is 6.07 Å². The Morgan fingerprint density at radius 3 is 2.18 bits per heavy atom.